The molecule has 0 atom stereocenters. The van der Waals surface area contributed by atoms with Crippen LogP contribution < -0.4 is 10.1 Å². The number of nitrogens with zero attached hydrogens (tertiary/aromatic N) is 2. The van der Waals surface area contributed by atoms with Crippen LogP contribution in [0.4, 0.5) is 9.52 Å². The number of carbonyl (C=O) groups excluding carboxylic acids is 1. The maximum atomic E-state index is 13.2. The van der Waals surface area contributed by atoms with Gasteiger partial charge in [0.05, 0.1) is 0 Å². The fourth-order valence-corrected chi connectivity index (χ4v) is 2.39. The molecular formula is C11H10FN3O2S2. The number of aromatic nitrogens is 2. The van der Waals surface area contributed by atoms with E-state index in [0.29, 0.717) is 5.13 Å². The molecule has 5 nitrogen and oxygen atoms in total. The number of hydrogen-bond acceptors (Lipinski definition) is 6. The summed E-state index contributed by atoms with van der Waals surface area (Å²) in [6.45, 7) is -0.283. The van der Waals surface area contributed by atoms with Crippen LogP contribution in [0.1, 0.15) is 0 Å². The third-order valence-electron chi connectivity index (χ3n) is 2.02. The number of nitrogens with one attached hydrogen (secondary N) is 1. The second-order valence-corrected chi connectivity index (χ2v) is 5.38. The van der Waals surface area contributed by atoms with Gasteiger partial charge in [-0.15, -0.1) is 10.2 Å². The minimum Gasteiger partial charge on any atom is -0.481 e. The number of ether oxygens (including phenoxy) is 1. The van der Waals surface area contributed by atoms with Crippen molar-refractivity contribution in [2.75, 3.05) is 18.2 Å². The van der Waals surface area contributed by atoms with Gasteiger partial charge in [0, 0.05) is 0 Å². The molecule has 2 aromatic rings. The van der Waals surface area contributed by atoms with Crippen LogP contribution in [0.15, 0.2) is 28.6 Å². The summed E-state index contributed by atoms with van der Waals surface area (Å²) < 4.78 is 19.1. The molecule has 0 saturated carbocycles. The van der Waals surface area contributed by atoms with Gasteiger partial charge in [-0.05, 0) is 18.4 Å². The number of para-hydroxylation sites is 1. The second kappa shape index (κ2) is 6.48. The topological polar surface area (TPSA) is 64.1 Å². The van der Waals surface area contributed by atoms with Gasteiger partial charge < -0.3 is 4.74 Å². The highest BCUT2D eigenvalue weighted by Gasteiger charge is 2.09. The third-order valence-corrected chi connectivity index (χ3v) is 3.84. The number of carbonyl (C=O) groups is 1. The molecule has 2 rings (SSSR count). The molecule has 0 aliphatic carbocycles. The predicted octanol–water partition coefficient (Wildman–Crippen LogP) is 2.42. The molecule has 1 aromatic carbocycles. The Bertz CT molecular complexity index is 577. The highest BCUT2D eigenvalue weighted by Crippen LogP contribution is 2.23. The van der Waals surface area contributed by atoms with E-state index in [-0.39, 0.29) is 12.4 Å². The second-order valence-electron chi connectivity index (χ2n) is 3.34. The van der Waals surface area contributed by atoms with E-state index in [0.717, 1.165) is 4.34 Å². The molecule has 0 aliphatic rings. The van der Waals surface area contributed by atoms with E-state index in [1.54, 1.807) is 12.1 Å². The van der Waals surface area contributed by atoms with E-state index < -0.39 is 11.7 Å². The zero-order chi connectivity index (χ0) is 13.7. The predicted molar refractivity (Wildman–Crippen MR) is 72.2 cm³/mol. The quantitative estimate of drug-likeness (QED) is 0.678. The maximum Gasteiger partial charge on any atom is 0.264 e. The molecular weight excluding hydrogens is 289 g/mol. The van der Waals surface area contributed by atoms with Crippen LogP contribution in [0.25, 0.3) is 0 Å². The van der Waals surface area contributed by atoms with Gasteiger partial charge in [-0.1, -0.05) is 35.2 Å². The number of rotatable bonds is 5. The van der Waals surface area contributed by atoms with Crippen molar-refractivity contribution in [1.82, 2.24) is 10.2 Å². The zero-order valence-electron chi connectivity index (χ0n) is 9.92. The molecule has 1 N–H and O–H groups in total. The van der Waals surface area contributed by atoms with E-state index >= 15 is 0 Å². The Balaban J connectivity index is 1.86. The van der Waals surface area contributed by atoms with Crippen molar-refractivity contribution in [3.05, 3.63) is 30.1 Å². The Morgan fingerprint density at radius 3 is 2.95 bits per heavy atom. The Morgan fingerprint density at radius 2 is 2.26 bits per heavy atom. The van der Waals surface area contributed by atoms with Crippen molar-refractivity contribution in [1.29, 1.82) is 0 Å². The molecule has 0 fully saturated rings. The summed E-state index contributed by atoms with van der Waals surface area (Å²) >= 11 is 2.71. The normalized spacial score (nSPS) is 10.2. The van der Waals surface area contributed by atoms with Crippen LogP contribution in [-0.2, 0) is 4.79 Å². The lowest BCUT2D eigenvalue weighted by atomic mass is 10.3. The number of thioether (sulfide) groups is 1. The van der Waals surface area contributed by atoms with E-state index in [1.807, 2.05) is 6.26 Å². The van der Waals surface area contributed by atoms with Crippen molar-refractivity contribution in [3.63, 3.8) is 0 Å². The van der Waals surface area contributed by atoms with Crippen molar-refractivity contribution in [2.45, 2.75) is 4.34 Å². The van der Waals surface area contributed by atoms with Crippen LogP contribution in [0, 0.1) is 5.82 Å². The molecule has 100 valence electrons. The maximum absolute atomic E-state index is 13.2. The first-order valence-corrected chi connectivity index (χ1v) is 7.28. The van der Waals surface area contributed by atoms with Crippen LogP contribution in [0.2, 0.25) is 0 Å². The van der Waals surface area contributed by atoms with Gasteiger partial charge in [0.1, 0.15) is 0 Å². The Morgan fingerprint density at radius 1 is 1.47 bits per heavy atom. The first-order chi connectivity index (χ1) is 9.19. The molecule has 19 heavy (non-hydrogen) atoms. The Hall–Kier alpha value is -1.67. The molecule has 1 amide bonds. The summed E-state index contributed by atoms with van der Waals surface area (Å²) in [5.41, 5.74) is 0. The lowest BCUT2D eigenvalue weighted by Gasteiger charge is -2.05. The van der Waals surface area contributed by atoms with Crippen molar-refractivity contribution >= 4 is 34.1 Å². The van der Waals surface area contributed by atoms with Crippen LogP contribution in [0.3, 0.4) is 0 Å². The highest BCUT2D eigenvalue weighted by molar-refractivity contribution is 8.00. The minimum atomic E-state index is -0.504. The largest absolute Gasteiger partial charge is 0.481 e. The van der Waals surface area contributed by atoms with E-state index in [2.05, 4.69) is 15.5 Å². The summed E-state index contributed by atoms with van der Waals surface area (Å²) in [5.74, 6) is -0.873. The van der Waals surface area contributed by atoms with Crippen molar-refractivity contribution in [2.24, 2.45) is 0 Å². The molecule has 0 spiro atoms. The van der Waals surface area contributed by atoms with Gasteiger partial charge >= 0.3 is 0 Å². The molecule has 8 heteroatoms. The van der Waals surface area contributed by atoms with E-state index in [9.17, 15) is 9.18 Å². The van der Waals surface area contributed by atoms with Crippen LogP contribution in [-0.4, -0.2) is 29.0 Å². The fraction of sp³-hybridized carbons (Fsp3) is 0.182. The van der Waals surface area contributed by atoms with E-state index in [1.165, 1.54) is 35.2 Å². The summed E-state index contributed by atoms with van der Waals surface area (Å²) in [6.07, 6.45) is 1.87. The Kier molecular flexibility index (Phi) is 4.69. The van der Waals surface area contributed by atoms with Gasteiger partial charge in [0.2, 0.25) is 5.13 Å². The molecule has 0 radical (unpaired) electrons. The first kappa shape index (κ1) is 13.8. The van der Waals surface area contributed by atoms with Crippen molar-refractivity contribution < 1.29 is 13.9 Å². The van der Waals surface area contributed by atoms with E-state index in [4.69, 9.17) is 4.74 Å². The molecule has 1 heterocycles. The van der Waals surface area contributed by atoms with Crippen LogP contribution in [0.5, 0.6) is 5.75 Å². The summed E-state index contributed by atoms with van der Waals surface area (Å²) in [7, 11) is 0. The summed E-state index contributed by atoms with van der Waals surface area (Å²) in [4.78, 5) is 11.6. The zero-order valence-corrected chi connectivity index (χ0v) is 11.6. The highest BCUT2D eigenvalue weighted by atomic mass is 32.2. The first-order valence-electron chi connectivity index (χ1n) is 5.23. The molecule has 1 aromatic heterocycles. The van der Waals surface area contributed by atoms with Gasteiger partial charge in [0.25, 0.3) is 5.91 Å². The standard InChI is InChI=1S/C11H10FN3O2S2/c1-18-11-15-14-10(19-11)13-9(16)6-17-8-5-3-2-4-7(8)12/h2-5H,6H2,1H3,(H,13,14,16). The summed E-state index contributed by atoms with van der Waals surface area (Å²) in [6, 6.07) is 5.90. The molecule has 0 bridgehead atoms. The lowest BCUT2D eigenvalue weighted by Crippen LogP contribution is -2.20. The number of halogens is 1. The molecule has 0 unspecified atom stereocenters. The van der Waals surface area contributed by atoms with Gasteiger partial charge in [-0.25, -0.2) is 4.39 Å². The fourth-order valence-electron chi connectivity index (χ4n) is 1.20. The minimum absolute atomic E-state index is 0.0414. The van der Waals surface area contributed by atoms with Gasteiger partial charge in [0.15, 0.2) is 22.5 Å². The number of hydrogen-bond donors (Lipinski definition) is 1. The van der Waals surface area contributed by atoms with Gasteiger partial charge in [-0.2, -0.15) is 0 Å². The van der Waals surface area contributed by atoms with Crippen molar-refractivity contribution in [3.8, 4) is 5.75 Å². The average Bonchev–Trinajstić information content (AvgIpc) is 2.85. The molecule has 0 saturated heterocycles. The monoisotopic (exact) mass is 299 g/mol. The number of anilines is 1. The third kappa shape index (κ3) is 3.90. The van der Waals surface area contributed by atoms with Gasteiger partial charge in [-0.3, -0.25) is 10.1 Å². The number of benzene rings is 1. The number of amides is 1. The SMILES string of the molecule is CSc1nnc(NC(=O)COc2ccccc2F)s1. The molecule has 0 aliphatic heterocycles. The average molecular weight is 299 g/mol. The summed E-state index contributed by atoms with van der Waals surface area (Å²) in [5, 5.41) is 10.5. The Labute approximate surface area is 117 Å². The van der Waals surface area contributed by atoms with Crippen LogP contribution >= 0.6 is 23.1 Å². The smallest absolute Gasteiger partial charge is 0.264 e. The lowest BCUT2D eigenvalue weighted by molar-refractivity contribution is -0.118.